The molecule has 1 aromatic rings. The van der Waals surface area contributed by atoms with Crippen LogP contribution in [0.3, 0.4) is 0 Å². The molecule has 1 heterocycles. The summed E-state index contributed by atoms with van der Waals surface area (Å²) < 4.78 is 45.6. The normalized spacial score (nSPS) is 18.7. The summed E-state index contributed by atoms with van der Waals surface area (Å²) in [5.41, 5.74) is -0.415. The molecular formula is C21H32F3IN4O2. The summed E-state index contributed by atoms with van der Waals surface area (Å²) in [6.07, 6.45) is -3.48. The van der Waals surface area contributed by atoms with E-state index >= 15 is 0 Å². The number of rotatable bonds is 7. The van der Waals surface area contributed by atoms with Gasteiger partial charge in [0.2, 0.25) is 5.91 Å². The third-order valence-electron chi connectivity index (χ3n) is 5.32. The number of nitrogens with one attached hydrogen (secondary N) is 2. The fraction of sp³-hybridized carbons (Fsp3) is 0.619. The highest BCUT2D eigenvalue weighted by molar-refractivity contribution is 14.0. The van der Waals surface area contributed by atoms with Crippen LogP contribution in [0.2, 0.25) is 0 Å². The van der Waals surface area contributed by atoms with Gasteiger partial charge in [-0.15, -0.1) is 24.0 Å². The molecule has 6 nitrogen and oxygen atoms in total. The Morgan fingerprint density at radius 3 is 2.55 bits per heavy atom. The average molecular weight is 556 g/mol. The van der Waals surface area contributed by atoms with E-state index in [1.165, 1.54) is 17.0 Å². The van der Waals surface area contributed by atoms with Gasteiger partial charge in [0.05, 0.1) is 12.2 Å². The molecule has 1 saturated heterocycles. The molecule has 176 valence electrons. The minimum Gasteiger partial charge on any atom is -0.381 e. The number of likely N-dealkylation sites (N-methyl/N-ethyl adjacent to an activating group) is 1. The highest BCUT2D eigenvalue weighted by atomic mass is 127. The van der Waals surface area contributed by atoms with Gasteiger partial charge >= 0.3 is 6.18 Å². The number of ether oxygens (including phenoxy) is 1. The lowest BCUT2D eigenvalue weighted by Crippen LogP contribution is -2.46. The van der Waals surface area contributed by atoms with Gasteiger partial charge in [-0.2, -0.15) is 13.2 Å². The second kappa shape index (κ2) is 12.5. The zero-order valence-electron chi connectivity index (χ0n) is 18.3. The number of nitrogens with zero attached hydrogens (tertiary/aromatic N) is 2. The molecule has 1 amide bonds. The summed E-state index contributed by atoms with van der Waals surface area (Å²) in [6, 6.07) is 5.25. The molecular weight excluding hydrogens is 524 g/mol. The molecule has 0 spiro atoms. The van der Waals surface area contributed by atoms with Crippen molar-refractivity contribution in [2.75, 3.05) is 40.4 Å². The zero-order chi connectivity index (χ0) is 22.3. The Kier molecular flexibility index (Phi) is 11.1. The Hall–Kier alpha value is -1.56. The van der Waals surface area contributed by atoms with Crippen LogP contribution in [-0.4, -0.2) is 63.2 Å². The summed E-state index contributed by atoms with van der Waals surface area (Å²) in [5, 5.41) is 6.38. The number of carbonyl (C=O) groups excluding carboxylic acids is 1. The summed E-state index contributed by atoms with van der Waals surface area (Å²) >= 11 is 0. The molecule has 0 aromatic heterocycles. The third-order valence-corrected chi connectivity index (χ3v) is 5.32. The van der Waals surface area contributed by atoms with E-state index in [0.29, 0.717) is 31.6 Å². The van der Waals surface area contributed by atoms with E-state index in [-0.39, 0.29) is 48.0 Å². The topological polar surface area (TPSA) is 66.0 Å². The van der Waals surface area contributed by atoms with E-state index < -0.39 is 17.7 Å². The first-order valence-corrected chi connectivity index (χ1v) is 10.1. The molecule has 1 aliphatic heterocycles. The number of carbonyl (C=O) groups is 1. The summed E-state index contributed by atoms with van der Waals surface area (Å²) in [7, 11) is 3.29. The van der Waals surface area contributed by atoms with Crippen LogP contribution in [0.4, 0.5) is 13.2 Å². The fourth-order valence-corrected chi connectivity index (χ4v) is 3.19. The third kappa shape index (κ3) is 8.47. The van der Waals surface area contributed by atoms with Crippen LogP contribution in [0, 0.1) is 5.92 Å². The summed E-state index contributed by atoms with van der Waals surface area (Å²) in [6.45, 7) is 5.48. The maximum absolute atomic E-state index is 13.4. The van der Waals surface area contributed by atoms with Crippen molar-refractivity contribution in [3.8, 4) is 0 Å². The number of halogens is 4. The van der Waals surface area contributed by atoms with E-state index in [1.54, 1.807) is 27.1 Å². The largest absolute Gasteiger partial charge is 0.416 e. The maximum atomic E-state index is 13.4. The summed E-state index contributed by atoms with van der Waals surface area (Å²) in [5.74, 6) is 0.138. The summed E-state index contributed by atoms with van der Waals surface area (Å²) in [4.78, 5) is 17.7. The van der Waals surface area contributed by atoms with Gasteiger partial charge in [0.15, 0.2) is 5.96 Å². The standard InChI is InChI=1S/C21H31F3N4O2.HI/c1-14(17-7-5-6-8-18(17)21(22,23)24)15(2)27-20(26-12-19(29)28(3)4)25-11-16-9-10-30-13-16;/h5-8,14-16H,9-13H2,1-4H3,(H2,25,26,27);1H. The van der Waals surface area contributed by atoms with Gasteiger partial charge in [0, 0.05) is 45.1 Å². The molecule has 1 aromatic carbocycles. The lowest BCUT2D eigenvalue weighted by molar-refractivity contribution is -0.138. The molecule has 3 unspecified atom stereocenters. The second-order valence-corrected chi connectivity index (χ2v) is 7.87. The van der Waals surface area contributed by atoms with Crippen LogP contribution in [-0.2, 0) is 15.7 Å². The molecule has 2 N–H and O–H groups in total. The van der Waals surface area contributed by atoms with Gasteiger partial charge in [-0.25, -0.2) is 4.99 Å². The average Bonchev–Trinajstić information content (AvgIpc) is 3.21. The molecule has 2 rings (SSSR count). The van der Waals surface area contributed by atoms with E-state index in [2.05, 4.69) is 15.6 Å². The van der Waals surface area contributed by atoms with Crippen molar-refractivity contribution in [3.63, 3.8) is 0 Å². The number of benzene rings is 1. The minimum atomic E-state index is -4.42. The van der Waals surface area contributed by atoms with Gasteiger partial charge < -0.3 is 20.3 Å². The van der Waals surface area contributed by atoms with Crippen molar-refractivity contribution in [1.82, 2.24) is 15.5 Å². The van der Waals surface area contributed by atoms with E-state index in [9.17, 15) is 18.0 Å². The number of guanidine groups is 1. The minimum absolute atomic E-state index is 0. The number of alkyl halides is 3. The van der Waals surface area contributed by atoms with Crippen LogP contribution in [0.1, 0.15) is 37.3 Å². The first-order valence-electron chi connectivity index (χ1n) is 10.1. The SMILES string of the molecule is CC(NC(=NCC(=O)N(C)C)NCC1CCOC1)C(C)c1ccccc1C(F)(F)F.I. The number of hydrogen-bond donors (Lipinski definition) is 2. The molecule has 3 atom stereocenters. The quantitative estimate of drug-likeness (QED) is 0.307. The highest BCUT2D eigenvalue weighted by Crippen LogP contribution is 2.35. The van der Waals surface area contributed by atoms with Crippen LogP contribution >= 0.6 is 24.0 Å². The molecule has 1 aliphatic rings. The van der Waals surface area contributed by atoms with Gasteiger partial charge in [-0.3, -0.25) is 4.79 Å². The molecule has 1 fully saturated rings. The van der Waals surface area contributed by atoms with Crippen LogP contribution in [0.5, 0.6) is 0 Å². The van der Waals surface area contributed by atoms with Gasteiger partial charge in [0.25, 0.3) is 0 Å². The molecule has 10 heteroatoms. The Morgan fingerprint density at radius 2 is 1.97 bits per heavy atom. The predicted molar refractivity (Wildman–Crippen MR) is 126 cm³/mol. The van der Waals surface area contributed by atoms with Crippen LogP contribution in [0.25, 0.3) is 0 Å². The molecule has 0 bridgehead atoms. The van der Waals surface area contributed by atoms with Crippen molar-refractivity contribution >= 4 is 35.8 Å². The van der Waals surface area contributed by atoms with Crippen LogP contribution in [0.15, 0.2) is 29.3 Å². The van der Waals surface area contributed by atoms with Gasteiger partial charge in [-0.1, -0.05) is 25.1 Å². The van der Waals surface area contributed by atoms with Crippen molar-refractivity contribution in [2.45, 2.75) is 38.4 Å². The molecule has 31 heavy (non-hydrogen) atoms. The van der Waals surface area contributed by atoms with E-state index in [1.807, 2.05) is 6.92 Å². The number of hydrogen-bond acceptors (Lipinski definition) is 3. The first-order chi connectivity index (χ1) is 14.1. The Morgan fingerprint density at radius 1 is 1.29 bits per heavy atom. The Balaban J connectivity index is 0.00000480. The van der Waals surface area contributed by atoms with Crippen molar-refractivity contribution in [2.24, 2.45) is 10.9 Å². The predicted octanol–water partition coefficient (Wildman–Crippen LogP) is 3.48. The molecule has 0 aliphatic carbocycles. The first kappa shape index (κ1) is 27.5. The maximum Gasteiger partial charge on any atom is 0.416 e. The smallest absolute Gasteiger partial charge is 0.381 e. The number of aliphatic imine (C=N–C) groups is 1. The molecule has 0 saturated carbocycles. The fourth-order valence-electron chi connectivity index (χ4n) is 3.19. The highest BCUT2D eigenvalue weighted by Gasteiger charge is 2.35. The monoisotopic (exact) mass is 556 g/mol. The van der Waals surface area contributed by atoms with Gasteiger partial charge in [0.1, 0.15) is 6.54 Å². The van der Waals surface area contributed by atoms with E-state index in [0.717, 1.165) is 12.5 Å². The van der Waals surface area contributed by atoms with E-state index in [4.69, 9.17) is 4.74 Å². The van der Waals surface area contributed by atoms with Crippen molar-refractivity contribution < 1.29 is 22.7 Å². The Bertz CT molecular complexity index is 738. The lowest BCUT2D eigenvalue weighted by atomic mass is 9.90. The number of amides is 1. The lowest BCUT2D eigenvalue weighted by Gasteiger charge is -2.27. The molecule has 0 radical (unpaired) electrons. The van der Waals surface area contributed by atoms with Gasteiger partial charge in [-0.05, 0) is 25.0 Å². The van der Waals surface area contributed by atoms with Crippen molar-refractivity contribution in [1.29, 1.82) is 0 Å². The Labute approximate surface area is 199 Å². The van der Waals surface area contributed by atoms with Crippen LogP contribution < -0.4 is 10.6 Å². The zero-order valence-corrected chi connectivity index (χ0v) is 20.7. The van der Waals surface area contributed by atoms with Crippen molar-refractivity contribution in [3.05, 3.63) is 35.4 Å². The second-order valence-electron chi connectivity index (χ2n) is 7.87.